The van der Waals surface area contributed by atoms with E-state index < -0.39 is 9.84 Å². The molecule has 2 aromatic rings. The van der Waals surface area contributed by atoms with Crippen LogP contribution in [0.4, 0.5) is 11.4 Å². The molecule has 28 heavy (non-hydrogen) atoms. The second-order valence-electron chi connectivity index (χ2n) is 6.78. The summed E-state index contributed by atoms with van der Waals surface area (Å²) in [5.41, 5.74) is 1.53. The molecule has 0 radical (unpaired) electrons. The number of nitrogens with one attached hydrogen (secondary N) is 1. The van der Waals surface area contributed by atoms with Crippen LogP contribution in [0.3, 0.4) is 0 Å². The van der Waals surface area contributed by atoms with Gasteiger partial charge in [-0.3, -0.25) is 4.79 Å². The van der Waals surface area contributed by atoms with Gasteiger partial charge in [0.1, 0.15) is 0 Å². The van der Waals surface area contributed by atoms with Crippen LogP contribution in [-0.4, -0.2) is 33.2 Å². The quantitative estimate of drug-likeness (QED) is 0.700. The summed E-state index contributed by atoms with van der Waals surface area (Å²) in [4.78, 5) is 14.8. The fourth-order valence-electron chi connectivity index (χ4n) is 3.22. The zero-order valence-corrected chi connectivity index (χ0v) is 17.7. The summed E-state index contributed by atoms with van der Waals surface area (Å²) in [6.45, 7) is 1.85. The molecule has 0 aliphatic carbocycles. The van der Waals surface area contributed by atoms with Crippen molar-refractivity contribution in [2.45, 2.75) is 30.6 Å². The normalized spacial score (nSPS) is 14.7. The second-order valence-corrected chi connectivity index (χ2v) is 9.76. The Morgan fingerprint density at radius 2 is 1.61 bits per heavy atom. The average Bonchev–Trinajstić information content (AvgIpc) is 2.68. The first-order valence-electron chi connectivity index (χ1n) is 9.18. The number of piperidine rings is 1. The van der Waals surface area contributed by atoms with E-state index in [0.29, 0.717) is 15.7 Å². The largest absolute Gasteiger partial charge is 0.370 e. The van der Waals surface area contributed by atoms with Crippen LogP contribution in [0, 0.1) is 0 Å². The van der Waals surface area contributed by atoms with E-state index in [0.717, 1.165) is 31.6 Å². The first-order chi connectivity index (χ1) is 13.3. The fourth-order valence-corrected chi connectivity index (χ4v) is 4.76. The predicted molar refractivity (Wildman–Crippen MR) is 114 cm³/mol. The Labute approximate surface area is 175 Å². The van der Waals surface area contributed by atoms with Gasteiger partial charge in [-0.25, -0.2) is 8.42 Å². The van der Waals surface area contributed by atoms with Crippen molar-refractivity contribution in [3.63, 3.8) is 0 Å². The topological polar surface area (TPSA) is 66.5 Å². The number of sulfone groups is 1. The minimum atomic E-state index is -3.56. The predicted octanol–water partition coefficient (Wildman–Crippen LogP) is 4.79. The number of anilines is 2. The summed E-state index contributed by atoms with van der Waals surface area (Å²) < 4.78 is 24.8. The minimum absolute atomic E-state index is 0.142. The van der Waals surface area contributed by atoms with E-state index in [1.807, 2.05) is 6.07 Å². The summed E-state index contributed by atoms with van der Waals surface area (Å²) in [6, 6.07) is 11.3. The number of halogens is 2. The number of hydrogen-bond donors (Lipinski definition) is 1. The first kappa shape index (κ1) is 21.0. The molecule has 3 rings (SSSR count). The van der Waals surface area contributed by atoms with Crippen LogP contribution < -0.4 is 10.2 Å². The van der Waals surface area contributed by atoms with Gasteiger partial charge in [-0.1, -0.05) is 23.2 Å². The van der Waals surface area contributed by atoms with Crippen LogP contribution >= 0.6 is 23.2 Å². The highest BCUT2D eigenvalue weighted by Crippen LogP contribution is 2.31. The fraction of sp³-hybridized carbons (Fsp3) is 0.350. The molecule has 1 aliphatic heterocycles. The maximum atomic E-state index is 12.4. The van der Waals surface area contributed by atoms with Crippen molar-refractivity contribution < 1.29 is 13.2 Å². The van der Waals surface area contributed by atoms with E-state index in [1.165, 1.54) is 30.7 Å². The number of amides is 1. The van der Waals surface area contributed by atoms with Crippen LogP contribution in [0.25, 0.3) is 0 Å². The van der Waals surface area contributed by atoms with Crippen molar-refractivity contribution >= 4 is 50.3 Å². The maximum Gasteiger partial charge on any atom is 0.225 e. The van der Waals surface area contributed by atoms with Crippen molar-refractivity contribution in [1.82, 2.24) is 0 Å². The maximum absolute atomic E-state index is 12.4. The Kier molecular flexibility index (Phi) is 6.86. The van der Waals surface area contributed by atoms with Crippen molar-refractivity contribution in [2.24, 2.45) is 0 Å². The van der Waals surface area contributed by atoms with Gasteiger partial charge in [-0.15, -0.1) is 0 Å². The van der Waals surface area contributed by atoms with E-state index in [9.17, 15) is 13.2 Å². The molecule has 1 saturated heterocycles. The second kappa shape index (κ2) is 9.16. The third-order valence-corrected chi connectivity index (χ3v) is 6.92. The third-order valence-electron chi connectivity index (χ3n) is 4.70. The van der Waals surface area contributed by atoms with Crippen molar-refractivity contribution in [3.8, 4) is 0 Å². The molecule has 0 atom stereocenters. The number of benzene rings is 2. The molecule has 1 fully saturated rings. The lowest BCUT2D eigenvalue weighted by Crippen LogP contribution is -2.30. The molecule has 1 amide bonds. The number of nitrogens with zero attached hydrogens (tertiary/aromatic N) is 1. The van der Waals surface area contributed by atoms with E-state index in [2.05, 4.69) is 10.2 Å². The van der Waals surface area contributed by atoms with Gasteiger partial charge in [-0.05, 0) is 61.7 Å². The van der Waals surface area contributed by atoms with Crippen molar-refractivity contribution in [3.05, 3.63) is 52.5 Å². The Bertz CT molecular complexity index is 940. The smallest absolute Gasteiger partial charge is 0.225 e. The van der Waals surface area contributed by atoms with E-state index in [-0.39, 0.29) is 23.0 Å². The molecule has 150 valence electrons. The molecule has 5 nitrogen and oxygen atoms in total. The Hall–Kier alpha value is -1.76. The van der Waals surface area contributed by atoms with Gasteiger partial charge in [0.05, 0.1) is 22.0 Å². The summed E-state index contributed by atoms with van der Waals surface area (Å²) >= 11 is 11.9. The van der Waals surface area contributed by atoms with Gasteiger partial charge in [0.15, 0.2) is 9.84 Å². The van der Waals surface area contributed by atoms with Crippen LogP contribution in [-0.2, 0) is 14.6 Å². The highest BCUT2D eigenvalue weighted by molar-refractivity contribution is 7.91. The van der Waals surface area contributed by atoms with Crippen LogP contribution in [0.5, 0.6) is 0 Å². The highest BCUT2D eigenvalue weighted by atomic mass is 35.5. The Morgan fingerprint density at radius 1 is 0.964 bits per heavy atom. The number of rotatable bonds is 6. The van der Waals surface area contributed by atoms with Crippen LogP contribution in [0.1, 0.15) is 25.7 Å². The summed E-state index contributed by atoms with van der Waals surface area (Å²) in [5, 5.41) is 3.81. The molecule has 0 aromatic heterocycles. The molecule has 1 heterocycles. The first-order valence-corrected chi connectivity index (χ1v) is 11.6. The average molecular weight is 441 g/mol. The number of carbonyl (C=O) groups excluding carboxylic acids is 1. The highest BCUT2D eigenvalue weighted by Gasteiger charge is 2.19. The SMILES string of the molecule is O=C(CCS(=O)(=O)c1ccc(Cl)cc1)Nc1cc(Cl)ccc1N1CCCCC1. The molecule has 0 spiro atoms. The van der Waals surface area contributed by atoms with Gasteiger partial charge < -0.3 is 10.2 Å². The van der Waals surface area contributed by atoms with Gasteiger partial charge >= 0.3 is 0 Å². The lowest BCUT2D eigenvalue weighted by Gasteiger charge is -2.30. The zero-order chi connectivity index (χ0) is 20.1. The summed E-state index contributed by atoms with van der Waals surface area (Å²) in [6.07, 6.45) is 3.27. The standard InChI is InChI=1S/C20H22Cl2N2O3S/c21-15-4-7-17(8-5-15)28(26,27)13-10-20(25)23-18-14-16(22)6-9-19(18)24-11-2-1-3-12-24/h4-9,14H,1-3,10-13H2,(H,23,25). The molecular weight excluding hydrogens is 419 g/mol. The summed E-state index contributed by atoms with van der Waals surface area (Å²) in [5.74, 6) is -0.641. The van der Waals surface area contributed by atoms with Gasteiger partial charge in [-0.2, -0.15) is 0 Å². The molecule has 0 unspecified atom stereocenters. The molecular formula is C20H22Cl2N2O3S. The molecule has 2 aromatic carbocycles. The monoisotopic (exact) mass is 440 g/mol. The molecule has 0 saturated carbocycles. The number of hydrogen-bond acceptors (Lipinski definition) is 4. The van der Waals surface area contributed by atoms with E-state index in [4.69, 9.17) is 23.2 Å². The van der Waals surface area contributed by atoms with E-state index in [1.54, 1.807) is 12.1 Å². The van der Waals surface area contributed by atoms with Gasteiger partial charge in [0.2, 0.25) is 5.91 Å². The van der Waals surface area contributed by atoms with Crippen molar-refractivity contribution in [1.29, 1.82) is 0 Å². The molecule has 0 bridgehead atoms. The summed E-state index contributed by atoms with van der Waals surface area (Å²) in [7, 11) is -3.56. The third kappa shape index (κ3) is 5.40. The number of carbonyl (C=O) groups is 1. The Balaban J connectivity index is 1.67. The van der Waals surface area contributed by atoms with Crippen molar-refractivity contribution in [2.75, 3.05) is 29.1 Å². The van der Waals surface area contributed by atoms with E-state index >= 15 is 0 Å². The van der Waals surface area contributed by atoms with Crippen LogP contribution in [0.15, 0.2) is 47.4 Å². The van der Waals surface area contributed by atoms with Gasteiger partial charge in [0.25, 0.3) is 0 Å². The minimum Gasteiger partial charge on any atom is -0.370 e. The molecule has 1 aliphatic rings. The molecule has 1 N–H and O–H groups in total. The van der Waals surface area contributed by atoms with Crippen LogP contribution in [0.2, 0.25) is 10.0 Å². The lowest BCUT2D eigenvalue weighted by atomic mass is 10.1. The Morgan fingerprint density at radius 3 is 2.29 bits per heavy atom. The zero-order valence-electron chi connectivity index (χ0n) is 15.3. The molecule has 8 heteroatoms. The lowest BCUT2D eigenvalue weighted by molar-refractivity contribution is -0.115. The van der Waals surface area contributed by atoms with Gasteiger partial charge in [0, 0.05) is 29.6 Å².